The zero-order valence-electron chi connectivity index (χ0n) is 59.9. The van der Waals surface area contributed by atoms with Crippen molar-refractivity contribution in [1.82, 2.24) is 35.6 Å². The standard InChI is InChI=1S/C74H110N8O16/c1-13-52(6)69(61(93-11)48-66(87)81-37-22-29-60(81)70(94-12)53(7)71(88)76-58(74(91)92)47-54-23-15-14-16-24-54)80(10)73(90)67(50(2)3)77-72(89)68(51(4)5)79(9)64(85)31-21-30-63(84)78(8)38-40-96-42-44-98-46-45-97-43-41-95-39-36-75-62(83)34-35-65(86)82-49-57-27-18-17-25-55(57)32-33-56-26-19-20-28-59(56)82/h14-20,23-28,32-33,50-53,58,60-61,67-70H,13,21-22,29-31,34-49H2,1-12H3,(H,75,83)(H,76,88)(H,77,89)(H,91,92)/b33-32-/t52-,53+,58-,60-,61+,67-,68-,69-,70+/m0/s1. The minimum Gasteiger partial charge on any atom is -0.480 e. The van der Waals surface area contributed by atoms with Crippen molar-refractivity contribution in [1.29, 1.82) is 0 Å². The minimum atomic E-state index is -1.18. The van der Waals surface area contributed by atoms with Gasteiger partial charge in [0.25, 0.3) is 0 Å². The number of para-hydroxylation sites is 1. The summed E-state index contributed by atoms with van der Waals surface area (Å²) in [6.07, 6.45) is 4.86. The third-order valence-corrected chi connectivity index (χ3v) is 18.5. The van der Waals surface area contributed by atoms with Crippen molar-refractivity contribution in [2.24, 2.45) is 23.7 Å². The average molecular weight is 1370 g/mol. The van der Waals surface area contributed by atoms with Gasteiger partial charge in [-0.25, -0.2) is 4.79 Å². The number of amides is 8. The van der Waals surface area contributed by atoms with Gasteiger partial charge in [-0.3, -0.25) is 38.4 Å². The van der Waals surface area contributed by atoms with E-state index in [4.69, 9.17) is 28.4 Å². The summed E-state index contributed by atoms with van der Waals surface area (Å²) in [6, 6.07) is 20.5. The lowest BCUT2D eigenvalue weighted by molar-refractivity contribution is -0.149. The number of methoxy groups -OCH3 is 2. The predicted octanol–water partition coefficient (Wildman–Crippen LogP) is 6.65. The molecule has 5 rings (SSSR count). The van der Waals surface area contributed by atoms with Crippen molar-refractivity contribution >= 4 is 71.1 Å². The molecule has 2 aliphatic rings. The van der Waals surface area contributed by atoms with Crippen molar-refractivity contribution < 1.29 is 76.7 Å². The molecule has 2 aliphatic heterocycles. The zero-order valence-corrected chi connectivity index (χ0v) is 59.9. The third-order valence-electron chi connectivity index (χ3n) is 18.5. The molecular weight excluding hydrogens is 1260 g/mol. The van der Waals surface area contributed by atoms with E-state index in [1.807, 2.05) is 102 Å². The molecule has 1 fully saturated rings. The Labute approximate surface area is 580 Å². The van der Waals surface area contributed by atoms with Gasteiger partial charge in [-0.15, -0.1) is 0 Å². The summed E-state index contributed by atoms with van der Waals surface area (Å²) in [6.45, 7) is 16.9. The van der Waals surface area contributed by atoms with Crippen LogP contribution in [-0.2, 0) is 84.5 Å². The maximum absolute atomic E-state index is 14.7. The number of fused-ring (bicyclic) bond motifs is 2. The van der Waals surface area contributed by atoms with Crippen LogP contribution in [0.25, 0.3) is 12.2 Å². The Morgan fingerprint density at radius 3 is 1.87 bits per heavy atom. The van der Waals surface area contributed by atoms with Gasteiger partial charge in [-0.1, -0.05) is 140 Å². The molecular formula is C74H110N8O16. The third kappa shape index (κ3) is 25.0. The van der Waals surface area contributed by atoms with Crippen LogP contribution in [0, 0.1) is 23.7 Å². The fourth-order valence-corrected chi connectivity index (χ4v) is 12.6. The van der Waals surface area contributed by atoms with E-state index in [1.54, 1.807) is 71.9 Å². The maximum Gasteiger partial charge on any atom is 0.326 e. The Morgan fingerprint density at radius 2 is 1.24 bits per heavy atom. The first-order valence-corrected chi connectivity index (χ1v) is 34.7. The lowest BCUT2D eigenvalue weighted by atomic mass is 9.89. The van der Waals surface area contributed by atoms with Gasteiger partial charge in [0, 0.05) is 87.1 Å². The Balaban J connectivity index is 0.960. The first-order chi connectivity index (χ1) is 46.9. The fraction of sp³-hybridized carbons (Fsp3) is 0.608. The summed E-state index contributed by atoms with van der Waals surface area (Å²) in [4.78, 5) is 130. The van der Waals surface area contributed by atoms with Crippen molar-refractivity contribution in [2.75, 3.05) is 113 Å². The number of likely N-dealkylation sites (tertiary alicyclic amines) is 1. The molecule has 0 unspecified atom stereocenters. The smallest absolute Gasteiger partial charge is 0.326 e. The van der Waals surface area contributed by atoms with E-state index >= 15 is 0 Å². The Morgan fingerprint density at radius 1 is 0.643 bits per heavy atom. The number of ether oxygens (including phenoxy) is 6. The molecule has 542 valence electrons. The summed E-state index contributed by atoms with van der Waals surface area (Å²) in [5, 5.41) is 18.5. The van der Waals surface area contributed by atoms with Crippen LogP contribution in [0.15, 0.2) is 78.9 Å². The summed E-state index contributed by atoms with van der Waals surface area (Å²) < 4.78 is 34.5. The molecule has 0 spiro atoms. The average Bonchev–Trinajstić information content (AvgIpc) is 1.20. The van der Waals surface area contributed by atoms with Gasteiger partial charge >= 0.3 is 5.97 Å². The van der Waals surface area contributed by atoms with E-state index in [2.05, 4.69) is 22.0 Å². The van der Waals surface area contributed by atoms with Crippen LogP contribution < -0.4 is 20.9 Å². The molecule has 8 amide bonds. The number of carboxylic acid groups (broad SMARTS) is 1. The quantitative estimate of drug-likeness (QED) is 0.0432. The topological polar surface area (TPSA) is 282 Å². The molecule has 3 aromatic carbocycles. The van der Waals surface area contributed by atoms with Gasteiger partial charge in [-0.2, -0.15) is 0 Å². The molecule has 9 atom stereocenters. The van der Waals surface area contributed by atoms with Gasteiger partial charge in [-0.05, 0) is 65.3 Å². The van der Waals surface area contributed by atoms with Gasteiger partial charge in [0.15, 0.2) is 0 Å². The van der Waals surface area contributed by atoms with E-state index in [0.29, 0.717) is 91.7 Å². The minimum absolute atomic E-state index is 0.0116. The van der Waals surface area contributed by atoms with E-state index in [9.17, 15) is 48.3 Å². The number of nitrogens with one attached hydrogen (secondary N) is 3. The first-order valence-electron chi connectivity index (χ1n) is 34.7. The molecule has 0 saturated carbocycles. The number of nitrogens with zero attached hydrogens (tertiary/aromatic N) is 5. The SMILES string of the molecule is CC[C@H](C)[C@@H]([C@@H](CC(=O)N1CCC[C@H]1[C@H](OC)[C@@H](C)C(=O)N[C@@H](Cc1ccccc1)C(=O)O)OC)N(C)C(=O)[C@@H](NC(=O)[C@H](C(C)C)N(C)C(=O)CCCC(=O)N(C)CCOCCOCCOCCOCCNC(=O)CCC(=O)N1Cc2ccccc2/C=C\c2ccccc21)C(C)C. The van der Waals surface area contributed by atoms with Crippen LogP contribution >= 0.6 is 0 Å². The molecule has 0 aromatic heterocycles. The molecule has 1 saturated heterocycles. The van der Waals surface area contributed by atoms with Crippen LogP contribution in [-0.4, -0.2) is 228 Å². The van der Waals surface area contributed by atoms with Crippen LogP contribution in [0.3, 0.4) is 0 Å². The lowest BCUT2D eigenvalue weighted by Crippen LogP contribution is -2.60. The van der Waals surface area contributed by atoms with Gasteiger partial charge in [0.1, 0.15) is 18.1 Å². The second-order valence-electron chi connectivity index (χ2n) is 26.1. The normalized spacial score (nSPS) is 16.4. The number of hydrogen-bond acceptors (Lipinski definition) is 15. The van der Waals surface area contributed by atoms with Crippen LogP contribution in [0.4, 0.5) is 5.69 Å². The number of carbonyl (C=O) groups is 9. The highest BCUT2D eigenvalue weighted by Crippen LogP contribution is 2.32. The number of carbonyl (C=O) groups excluding carboxylic acids is 8. The number of hydrogen-bond donors (Lipinski definition) is 4. The van der Waals surface area contributed by atoms with Crippen LogP contribution in [0.5, 0.6) is 0 Å². The molecule has 0 radical (unpaired) electrons. The fourth-order valence-electron chi connectivity index (χ4n) is 12.6. The van der Waals surface area contributed by atoms with Gasteiger partial charge in [0.05, 0.1) is 102 Å². The number of carboxylic acids is 1. The lowest BCUT2D eigenvalue weighted by Gasteiger charge is -2.41. The molecule has 98 heavy (non-hydrogen) atoms. The number of rotatable bonds is 43. The van der Waals surface area contributed by atoms with Crippen molar-refractivity contribution in [3.8, 4) is 0 Å². The van der Waals surface area contributed by atoms with E-state index in [1.165, 1.54) is 19.1 Å². The highest BCUT2D eigenvalue weighted by Gasteiger charge is 2.44. The second kappa shape index (κ2) is 42.4. The Kier molecular flexibility index (Phi) is 35.0. The zero-order chi connectivity index (χ0) is 71.8. The second-order valence-corrected chi connectivity index (χ2v) is 26.1. The summed E-state index contributed by atoms with van der Waals surface area (Å²) in [7, 11) is 7.84. The molecule has 0 aliphatic carbocycles. The number of likely N-dealkylation sites (N-methyl/N-ethyl adjacent to an activating group) is 3. The first kappa shape index (κ1) is 81.1. The van der Waals surface area contributed by atoms with Crippen LogP contribution in [0.1, 0.15) is 129 Å². The molecule has 2 heterocycles. The van der Waals surface area contributed by atoms with E-state index in [-0.39, 0.29) is 98.8 Å². The maximum atomic E-state index is 14.7. The van der Waals surface area contributed by atoms with Gasteiger partial charge in [0.2, 0.25) is 47.3 Å². The van der Waals surface area contributed by atoms with Crippen LogP contribution in [0.2, 0.25) is 0 Å². The molecule has 3 aromatic rings. The highest BCUT2D eigenvalue weighted by molar-refractivity contribution is 5.98. The number of benzene rings is 3. The highest BCUT2D eigenvalue weighted by atomic mass is 16.6. The van der Waals surface area contributed by atoms with Crippen molar-refractivity contribution in [3.05, 3.63) is 101 Å². The number of aliphatic carboxylic acids is 1. The predicted molar refractivity (Wildman–Crippen MR) is 374 cm³/mol. The van der Waals surface area contributed by atoms with E-state index in [0.717, 1.165) is 27.9 Å². The van der Waals surface area contributed by atoms with E-state index < -0.39 is 72.0 Å². The Bertz CT molecular complexity index is 3060. The van der Waals surface area contributed by atoms with Crippen molar-refractivity contribution in [2.45, 2.75) is 162 Å². The molecule has 24 heteroatoms. The molecule has 4 N–H and O–H groups in total. The monoisotopic (exact) mass is 1370 g/mol. The molecule has 24 nitrogen and oxygen atoms in total. The van der Waals surface area contributed by atoms with Crippen molar-refractivity contribution in [3.63, 3.8) is 0 Å². The summed E-state index contributed by atoms with van der Waals surface area (Å²) in [5.74, 6) is -5.39. The Hall–Kier alpha value is -7.61. The molecule has 0 bridgehead atoms. The summed E-state index contributed by atoms with van der Waals surface area (Å²) >= 11 is 0. The number of anilines is 1. The van der Waals surface area contributed by atoms with Gasteiger partial charge < -0.3 is 74.0 Å². The summed E-state index contributed by atoms with van der Waals surface area (Å²) in [5.41, 5.74) is 4.59. The largest absolute Gasteiger partial charge is 0.480 e.